The molecule has 0 spiro atoms. The molecule has 0 radical (unpaired) electrons. The number of halogens is 2. The third-order valence-electron chi connectivity index (χ3n) is 6.85. The highest BCUT2D eigenvalue weighted by molar-refractivity contribution is 7.14. The number of aromatic nitrogens is 3. The zero-order valence-electron chi connectivity index (χ0n) is 21.9. The number of anilines is 2. The molecule has 2 heterocycles. The van der Waals surface area contributed by atoms with E-state index in [1.165, 1.54) is 22.0 Å². The maximum atomic E-state index is 14.6. The highest BCUT2D eigenvalue weighted by atomic mass is 32.1. The Morgan fingerprint density at radius 3 is 2.20 bits per heavy atom. The molecule has 5 rings (SSSR count). The monoisotopic (exact) mass is 559 g/mol. The summed E-state index contributed by atoms with van der Waals surface area (Å²) in [5, 5.41) is 2.36. The first-order valence-electron chi connectivity index (χ1n) is 12.6. The quantitative estimate of drug-likeness (QED) is 0.281. The fraction of sp³-hybridized carbons (Fsp3) is 0.167. The zero-order valence-corrected chi connectivity index (χ0v) is 22.7. The predicted octanol–water partition coefficient (Wildman–Crippen LogP) is 5.24. The second-order valence-electron chi connectivity index (χ2n) is 9.37. The molecule has 0 saturated carbocycles. The van der Waals surface area contributed by atoms with Gasteiger partial charge in [0.15, 0.2) is 5.13 Å². The number of hydrogen-bond donors (Lipinski definition) is 1. The van der Waals surface area contributed by atoms with Crippen molar-refractivity contribution in [2.24, 2.45) is 5.73 Å². The molecule has 0 unspecified atom stereocenters. The largest absolute Gasteiger partial charge is 0.331 e. The number of nitrogens with zero attached hydrogens (tertiary/aromatic N) is 4. The Hall–Kier alpha value is -4.41. The van der Waals surface area contributed by atoms with Crippen LogP contribution in [0, 0.1) is 18.6 Å². The maximum Gasteiger partial charge on any atom is 0.331 e. The molecule has 0 bridgehead atoms. The summed E-state index contributed by atoms with van der Waals surface area (Å²) in [5.41, 5.74) is 7.26. The van der Waals surface area contributed by atoms with Gasteiger partial charge in [-0.15, -0.1) is 11.3 Å². The number of para-hydroxylation sites is 1. The van der Waals surface area contributed by atoms with E-state index < -0.39 is 35.5 Å². The molecular weight excluding hydrogens is 532 g/mol. The number of rotatable bonds is 8. The van der Waals surface area contributed by atoms with Crippen molar-refractivity contribution in [2.75, 3.05) is 11.9 Å². The Morgan fingerprint density at radius 2 is 1.55 bits per heavy atom. The molecule has 0 saturated heterocycles. The third kappa shape index (κ3) is 5.23. The highest BCUT2D eigenvalue weighted by Gasteiger charge is 2.23. The third-order valence-corrected chi connectivity index (χ3v) is 7.77. The van der Waals surface area contributed by atoms with Gasteiger partial charge < -0.3 is 10.6 Å². The standard InChI is InChI=1S/C30H27F2N5O2S/c1-19-27(26-18-40-29(34-26)35(2)21-12-7-4-8-13-21)28(38)37(17-25(33)20-10-5-3-6-11-20)30(39)36(19)16-22-23(31)14-9-15-24(22)32/h3-15,18,25H,16-17,33H2,1-2H3/t25-/m0/s1. The molecule has 2 N–H and O–H groups in total. The zero-order chi connectivity index (χ0) is 28.4. The summed E-state index contributed by atoms with van der Waals surface area (Å²) in [4.78, 5) is 34.1. The lowest BCUT2D eigenvalue weighted by atomic mass is 10.1. The SMILES string of the molecule is Cc1c(-c2csc(N(C)c3ccccc3)n2)c(=O)n(C[C@H](N)c2ccccc2)c(=O)n1Cc1c(F)cccc1F. The summed E-state index contributed by atoms with van der Waals surface area (Å²) in [7, 11) is 1.86. The summed E-state index contributed by atoms with van der Waals surface area (Å²) < 4.78 is 31.5. The van der Waals surface area contributed by atoms with Crippen LogP contribution >= 0.6 is 11.3 Å². The van der Waals surface area contributed by atoms with Crippen LogP contribution < -0.4 is 21.9 Å². The van der Waals surface area contributed by atoms with Crippen LogP contribution in [-0.4, -0.2) is 21.2 Å². The van der Waals surface area contributed by atoms with Gasteiger partial charge in [-0.2, -0.15) is 0 Å². The fourth-order valence-electron chi connectivity index (χ4n) is 4.58. The van der Waals surface area contributed by atoms with E-state index in [1.807, 2.05) is 72.6 Å². The van der Waals surface area contributed by atoms with Gasteiger partial charge in [-0.25, -0.2) is 18.6 Å². The first kappa shape index (κ1) is 27.2. The first-order valence-corrected chi connectivity index (χ1v) is 13.5. The number of hydrogen-bond acceptors (Lipinski definition) is 6. The van der Waals surface area contributed by atoms with Gasteiger partial charge in [-0.3, -0.25) is 13.9 Å². The van der Waals surface area contributed by atoms with E-state index in [0.29, 0.717) is 10.8 Å². The van der Waals surface area contributed by atoms with Crippen molar-refractivity contribution < 1.29 is 8.78 Å². The van der Waals surface area contributed by atoms with Gasteiger partial charge in [0, 0.05) is 35.4 Å². The van der Waals surface area contributed by atoms with Gasteiger partial charge in [0.05, 0.1) is 24.3 Å². The molecule has 3 aromatic carbocycles. The summed E-state index contributed by atoms with van der Waals surface area (Å²) in [6.45, 7) is 1.05. The van der Waals surface area contributed by atoms with Crippen LogP contribution in [0.2, 0.25) is 0 Å². The number of benzene rings is 3. The lowest BCUT2D eigenvalue weighted by molar-refractivity contribution is 0.493. The van der Waals surface area contributed by atoms with E-state index in [4.69, 9.17) is 10.7 Å². The van der Waals surface area contributed by atoms with E-state index in [9.17, 15) is 18.4 Å². The van der Waals surface area contributed by atoms with Crippen molar-refractivity contribution in [2.45, 2.75) is 26.1 Å². The van der Waals surface area contributed by atoms with Crippen molar-refractivity contribution in [3.8, 4) is 11.3 Å². The second-order valence-corrected chi connectivity index (χ2v) is 10.2. The minimum atomic E-state index is -0.785. The van der Waals surface area contributed by atoms with Crippen LogP contribution in [0.1, 0.15) is 22.9 Å². The number of nitrogens with two attached hydrogens (primary N) is 1. The van der Waals surface area contributed by atoms with Gasteiger partial charge in [0.1, 0.15) is 11.6 Å². The molecule has 0 aliphatic rings. The van der Waals surface area contributed by atoms with E-state index in [-0.39, 0.29) is 23.4 Å². The van der Waals surface area contributed by atoms with Gasteiger partial charge >= 0.3 is 5.69 Å². The van der Waals surface area contributed by atoms with Crippen molar-refractivity contribution in [1.82, 2.24) is 14.1 Å². The van der Waals surface area contributed by atoms with Crippen molar-refractivity contribution in [3.05, 3.63) is 134 Å². The van der Waals surface area contributed by atoms with Crippen LogP contribution in [0.4, 0.5) is 19.6 Å². The smallest absolute Gasteiger partial charge is 0.322 e. The van der Waals surface area contributed by atoms with Crippen molar-refractivity contribution >= 4 is 22.2 Å². The van der Waals surface area contributed by atoms with E-state index in [0.717, 1.165) is 28.0 Å². The summed E-state index contributed by atoms with van der Waals surface area (Å²) in [6.07, 6.45) is 0. The summed E-state index contributed by atoms with van der Waals surface area (Å²) in [6, 6.07) is 21.6. The second kappa shape index (κ2) is 11.4. The Balaban J connectivity index is 1.65. The molecule has 40 heavy (non-hydrogen) atoms. The van der Waals surface area contributed by atoms with E-state index in [2.05, 4.69) is 0 Å². The molecule has 0 aliphatic carbocycles. The average Bonchev–Trinajstić information content (AvgIpc) is 3.45. The molecule has 2 aromatic heterocycles. The van der Waals surface area contributed by atoms with Gasteiger partial charge in [-0.1, -0.05) is 54.6 Å². The molecule has 5 aromatic rings. The summed E-state index contributed by atoms with van der Waals surface area (Å²) in [5.74, 6) is -1.57. The summed E-state index contributed by atoms with van der Waals surface area (Å²) >= 11 is 1.33. The molecule has 0 amide bonds. The normalized spacial score (nSPS) is 11.9. The average molecular weight is 560 g/mol. The van der Waals surface area contributed by atoms with Crippen LogP contribution in [0.25, 0.3) is 11.3 Å². The lowest BCUT2D eigenvalue weighted by Gasteiger charge is -2.19. The van der Waals surface area contributed by atoms with E-state index >= 15 is 0 Å². The Labute approximate surface area is 233 Å². The molecule has 7 nitrogen and oxygen atoms in total. The van der Waals surface area contributed by atoms with Gasteiger partial charge in [0.2, 0.25) is 0 Å². The van der Waals surface area contributed by atoms with Crippen LogP contribution in [0.5, 0.6) is 0 Å². The molecule has 1 atom stereocenters. The van der Waals surface area contributed by atoms with Gasteiger partial charge in [-0.05, 0) is 36.8 Å². The maximum absolute atomic E-state index is 14.6. The van der Waals surface area contributed by atoms with Gasteiger partial charge in [0.25, 0.3) is 5.56 Å². The van der Waals surface area contributed by atoms with Crippen LogP contribution in [-0.2, 0) is 13.1 Å². The molecular formula is C30H27F2N5O2S. The van der Waals surface area contributed by atoms with Crippen molar-refractivity contribution in [3.63, 3.8) is 0 Å². The molecule has 0 fully saturated rings. The Kier molecular flexibility index (Phi) is 7.72. The lowest BCUT2D eigenvalue weighted by Crippen LogP contribution is -2.44. The molecule has 10 heteroatoms. The predicted molar refractivity (Wildman–Crippen MR) is 154 cm³/mol. The van der Waals surface area contributed by atoms with Crippen molar-refractivity contribution in [1.29, 1.82) is 0 Å². The Bertz CT molecular complexity index is 1750. The Morgan fingerprint density at radius 1 is 0.925 bits per heavy atom. The topological polar surface area (TPSA) is 86.2 Å². The van der Waals surface area contributed by atoms with Crippen LogP contribution in [0.3, 0.4) is 0 Å². The van der Waals surface area contributed by atoms with E-state index in [1.54, 1.807) is 12.3 Å². The molecule has 0 aliphatic heterocycles. The van der Waals surface area contributed by atoms with Crippen LogP contribution in [0.15, 0.2) is 93.8 Å². The minimum Gasteiger partial charge on any atom is -0.322 e. The fourth-order valence-corrected chi connectivity index (χ4v) is 5.38. The first-order chi connectivity index (χ1) is 19.3. The number of thiazole rings is 1. The molecule has 204 valence electrons. The highest BCUT2D eigenvalue weighted by Crippen LogP contribution is 2.31. The minimum absolute atomic E-state index is 0.129.